The molecule has 0 radical (unpaired) electrons. The summed E-state index contributed by atoms with van der Waals surface area (Å²) in [6, 6.07) is 9.85. The van der Waals surface area contributed by atoms with Gasteiger partial charge in [0, 0.05) is 7.05 Å². The number of halogens is 1. The molecule has 1 atom stereocenters. The quantitative estimate of drug-likeness (QED) is 0.830. The number of hydrogen-bond donors (Lipinski definition) is 2. The molecule has 1 aliphatic rings. The van der Waals surface area contributed by atoms with Crippen LogP contribution in [-0.2, 0) is 0 Å². The number of carbonyl (C=O) groups is 1. The van der Waals surface area contributed by atoms with Crippen molar-refractivity contribution in [3.63, 3.8) is 0 Å². The molecule has 1 aromatic rings. The Morgan fingerprint density at radius 1 is 1.50 bits per heavy atom. The summed E-state index contributed by atoms with van der Waals surface area (Å²) in [5, 5.41) is 5.68. The van der Waals surface area contributed by atoms with Crippen molar-refractivity contribution in [3.05, 3.63) is 46.7 Å². The SMILES string of the molecule is CN/C(Br)=C\N=C1CN([C@@H](C)c2ccccc2)C(=O)N1. The third kappa shape index (κ3) is 3.39. The van der Waals surface area contributed by atoms with Crippen LogP contribution < -0.4 is 10.6 Å². The summed E-state index contributed by atoms with van der Waals surface area (Å²) in [6.07, 6.45) is 1.63. The smallest absolute Gasteiger partial charge is 0.323 e. The number of nitrogens with zero attached hydrogens (tertiary/aromatic N) is 2. The second-order valence-corrected chi connectivity index (χ2v) is 5.30. The van der Waals surface area contributed by atoms with E-state index in [0.29, 0.717) is 12.4 Å². The van der Waals surface area contributed by atoms with E-state index in [1.54, 1.807) is 18.1 Å². The van der Waals surface area contributed by atoms with Crippen molar-refractivity contribution in [2.45, 2.75) is 13.0 Å². The van der Waals surface area contributed by atoms with Crippen molar-refractivity contribution in [2.75, 3.05) is 13.6 Å². The van der Waals surface area contributed by atoms with Gasteiger partial charge in [-0.2, -0.15) is 0 Å². The molecule has 1 fully saturated rings. The Morgan fingerprint density at radius 2 is 2.20 bits per heavy atom. The van der Waals surface area contributed by atoms with Gasteiger partial charge in [0.1, 0.15) is 5.84 Å². The molecule has 6 heteroatoms. The summed E-state index contributed by atoms with van der Waals surface area (Å²) < 4.78 is 0.758. The highest BCUT2D eigenvalue weighted by atomic mass is 79.9. The number of carbonyl (C=O) groups excluding carboxylic acids is 1. The Morgan fingerprint density at radius 3 is 2.85 bits per heavy atom. The maximum atomic E-state index is 12.0. The van der Waals surface area contributed by atoms with Gasteiger partial charge in [0.05, 0.1) is 23.4 Å². The molecule has 0 aromatic heterocycles. The molecule has 20 heavy (non-hydrogen) atoms. The van der Waals surface area contributed by atoms with Crippen LogP contribution in [0, 0.1) is 0 Å². The van der Waals surface area contributed by atoms with E-state index in [1.165, 1.54) is 0 Å². The summed E-state index contributed by atoms with van der Waals surface area (Å²) in [6.45, 7) is 2.49. The topological polar surface area (TPSA) is 56.7 Å². The van der Waals surface area contributed by atoms with Crippen molar-refractivity contribution in [1.29, 1.82) is 0 Å². The Hall–Kier alpha value is -1.82. The lowest BCUT2D eigenvalue weighted by atomic mass is 10.1. The van der Waals surface area contributed by atoms with E-state index in [2.05, 4.69) is 31.6 Å². The first-order chi connectivity index (χ1) is 9.61. The minimum Gasteiger partial charge on any atom is -0.381 e. The molecule has 1 aromatic carbocycles. The van der Waals surface area contributed by atoms with Crippen LogP contribution in [0.5, 0.6) is 0 Å². The number of hydrogen-bond acceptors (Lipinski definition) is 3. The zero-order valence-corrected chi connectivity index (χ0v) is 13.0. The molecule has 2 amide bonds. The average Bonchev–Trinajstić information content (AvgIpc) is 2.86. The maximum absolute atomic E-state index is 12.0. The third-order valence-corrected chi connectivity index (χ3v) is 3.76. The number of amidine groups is 1. The zero-order valence-electron chi connectivity index (χ0n) is 11.4. The lowest BCUT2D eigenvalue weighted by Crippen LogP contribution is -2.30. The molecular formula is C14H17BrN4O. The molecule has 0 bridgehead atoms. The van der Waals surface area contributed by atoms with Crippen LogP contribution in [0.25, 0.3) is 0 Å². The predicted octanol–water partition coefficient (Wildman–Crippen LogP) is 2.58. The van der Waals surface area contributed by atoms with Crippen LogP contribution in [0.1, 0.15) is 18.5 Å². The molecule has 0 aliphatic carbocycles. The molecule has 0 spiro atoms. The number of nitrogens with one attached hydrogen (secondary N) is 2. The van der Waals surface area contributed by atoms with Crippen LogP contribution in [0.4, 0.5) is 4.79 Å². The molecule has 106 valence electrons. The van der Waals surface area contributed by atoms with Crippen LogP contribution in [-0.4, -0.2) is 30.4 Å². The molecular weight excluding hydrogens is 320 g/mol. The van der Waals surface area contributed by atoms with E-state index in [4.69, 9.17) is 0 Å². The first-order valence-corrected chi connectivity index (χ1v) is 7.13. The Labute approximate surface area is 126 Å². The van der Waals surface area contributed by atoms with E-state index in [1.807, 2.05) is 37.3 Å². The van der Waals surface area contributed by atoms with Gasteiger partial charge in [-0.1, -0.05) is 30.3 Å². The van der Waals surface area contributed by atoms with Crippen molar-refractivity contribution in [2.24, 2.45) is 4.99 Å². The third-order valence-electron chi connectivity index (χ3n) is 3.15. The van der Waals surface area contributed by atoms with Crippen LogP contribution >= 0.6 is 15.9 Å². The molecule has 5 nitrogen and oxygen atoms in total. The first kappa shape index (κ1) is 14.6. The zero-order chi connectivity index (χ0) is 14.5. The lowest BCUT2D eigenvalue weighted by molar-refractivity contribution is 0.203. The fraction of sp³-hybridized carbons (Fsp3) is 0.286. The van der Waals surface area contributed by atoms with Crippen molar-refractivity contribution in [1.82, 2.24) is 15.5 Å². The van der Waals surface area contributed by atoms with Crippen LogP contribution in [0.15, 0.2) is 46.1 Å². The van der Waals surface area contributed by atoms with Crippen molar-refractivity contribution < 1.29 is 4.79 Å². The van der Waals surface area contributed by atoms with Gasteiger partial charge in [0.25, 0.3) is 0 Å². The Kier molecular flexibility index (Phi) is 4.79. The summed E-state index contributed by atoms with van der Waals surface area (Å²) >= 11 is 3.30. The van der Waals surface area contributed by atoms with E-state index in [-0.39, 0.29) is 12.1 Å². The molecule has 0 unspecified atom stereocenters. The molecule has 1 heterocycles. The minimum atomic E-state index is -0.117. The second kappa shape index (κ2) is 6.56. The normalized spacial score (nSPS) is 19.1. The summed E-state index contributed by atoms with van der Waals surface area (Å²) in [5.41, 5.74) is 1.11. The Bertz CT molecular complexity index is 541. The van der Waals surface area contributed by atoms with Gasteiger partial charge in [-0.3, -0.25) is 5.32 Å². The predicted molar refractivity (Wildman–Crippen MR) is 83.6 cm³/mol. The highest BCUT2D eigenvalue weighted by Crippen LogP contribution is 2.21. The van der Waals surface area contributed by atoms with Gasteiger partial charge >= 0.3 is 6.03 Å². The van der Waals surface area contributed by atoms with Gasteiger partial charge in [-0.15, -0.1) is 0 Å². The van der Waals surface area contributed by atoms with Gasteiger partial charge in [-0.05, 0) is 28.4 Å². The number of aliphatic imine (C=N–C) groups is 1. The standard InChI is InChI=1S/C14H17BrN4O/c1-10(11-6-4-3-5-7-11)19-9-13(18-14(19)20)17-8-12(15)16-2/h3-8,10,16H,9H2,1-2H3,(H,17,18,20)/b12-8-/t10-/m0/s1. The molecule has 0 saturated carbocycles. The van der Waals surface area contributed by atoms with Gasteiger partial charge in [-0.25, -0.2) is 9.79 Å². The maximum Gasteiger partial charge on any atom is 0.323 e. The van der Waals surface area contributed by atoms with E-state index in [0.717, 1.165) is 10.2 Å². The largest absolute Gasteiger partial charge is 0.381 e. The summed E-state index contributed by atoms with van der Waals surface area (Å²) in [5.74, 6) is 0.644. The monoisotopic (exact) mass is 336 g/mol. The lowest BCUT2D eigenvalue weighted by Gasteiger charge is -2.22. The fourth-order valence-electron chi connectivity index (χ4n) is 1.96. The van der Waals surface area contributed by atoms with Crippen molar-refractivity contribution in [3.8, 4) is 0 Å². The highest BCUT2D eigenvalue weighted by Gasteiger charge is 2.29. The van der Waals surface area contributed by atoms with E-state index in [9.17, 15) is 4.79 Å². The number of urea groups is 1. The average molecular weight is 337 g/mol. The van der Waals surface area contributed by atoms with Crippen LogP contribution in [0.3, 0.4) is 0 Å². The summed E-state index contributed by atoms with van der Waals surface area (Å²) in [7, 11) is 1.79. The molecule has 1 aliphatic heterocycles. The van der Waals surface area contributed by atoms with E-state index >= 15 is 0 Å². The van der Waals surface area contributed by atoms with E-state index < -0.39 is 0 Å². The van der Waals surface area contributed by atoms with Gasteiger partial charge < -0.3 is 10.2 Å². The highest BCUT2D eigenvalue weighted by molar-refractivity contribution is 9.11. The van der Waals surface area contributed by atoms with Gasteiger partial charge in [0.2, 0.25) is 0 Å². The molecule has 2 rings (SSSR count). The van der Waals surface area contributed by atoms with Crippen LogP contribution in [0.2, 0.25) is 0 Å². The van der Waals surface area contributed by atoms with Crippen molar-refractivity contribution >= 4 is 27.8 Å². The number of benzene rings is 1. The van der Waals surface area contributed by atoms with Gasteiger partial charge in [0.15, 0.2) is 0 Å². The second-order valence-electron chi connectivity index (χ2n) is 4.45. The molecule has 2 N–H and O–H groups in total. The Balaban J connectivity index is 2.10. The minimum absolute atomic E-state index is 0.0145. The fourth-order valence-corrected chi connectivity index (χ4v) is 2.07. The summed E-state index contributed by atoms with van der Waals surface area (Å²) in [4.78, 5) is 18.0. The number of amides is 2. The molecule has 1 saturated heterocycles. The number of rotatable bonds is 4. The first-order valence-electron chi connectivity index (χ1n) is 6.34.